The van der Waals surface area contributed by atoms with Crippen molar-refractivity contribution in [1.82, 2.24) is 0 Å². The van der Waals surface area contributed by atoms with Gasteiger partial charge in [0.05, 0.1) is 11.4 Å². The molecule has 134 valence electrons. The number of nitrogen functional groups attached to an aromatic ring is 1. The second-order valence-electron chi connectivity index (χ2n) is 6.63. The summed E-state index contributed by atoms with van der Waals surface area (Å²) in [5, 5.41) is 2.91. The highest BCUT2D eigenvalue weighted by Gasteiger charge is 2.44. The van der Waals surface area contributed by atoms with E-state index < -0.39 is 0 Å². The Morgan fingerprint density at radius 3 is 2.54 bits per heavy atom. The number of nitrogens with one attached hydrogen (secondary N) is 1. The molecule has 2 aliphatic heterocycles. The summed E-state index contributed by atoms with van der Waals surface area (Å²) in [6.07, 6.45) is 0.802. The molecule has 3 N–H and O–H groups in total. The number of anilines is 2. The van der Waals surface area contributed by atoms with Gasteiger partial charge in [0, 0.05) is 18.1 Å². The van der Waals surface area contributed by atoms with Crippen molar-refractivity contribution in [2.75, 3.05) is 31.1 Å². The van der Waals surface area contributed by atoms with Gasteiger partial charge in [0.25, 0.3) is 0 Å². The van der Waals surface area contributed by atoms with E-state index in [1.807, 2.05) is 18.2 Å². The van der Waals surface area contributed by atoms with Crippen LogP contribution in [0.1, 0.15) is 17.9 Å². The molecule has 0 radical (unpaired) electrons. The molecule has 7 heteroatoms. The number of ether oxygens (including phenoxy) is 4. The van der Waals surface area contributed by atoms with E-state index >= 15 is 0 Å². The van der Waals surface area contributed by atoms with E-state index in [9.17, 15) is 4.79 Å². The molecule has 0 bridgehead atoms. The van der Waals surface area contributed by atoms with Gasteiger partial charge in [-0.1, -0.05) is 6.07 Å². The number of benzene rings is 2. The molecule has 7 nitrogen and oxygen atoms in total. The molecule has 2 heterocycles. The van der Waals surface area contributed by atoms with Crippen molar-refractivity contribution in [2.24, 2.45) is 5.92 Å². The lowest BCUT2D eigenvalue weighted by atomic mass is 10.1. The third kappa shape index (κ3) is 2.56. The predicted molar refractivity (Wildman–Crippen MR) is 93.9 cm³/mol. The van der Waals surface area contributed by atoms with Gasteiger partial charge in [0.1, 0.15) is 13.2 Å². The molecule has 2 atom stereocenters. The van der Waals surface area contributed by atoms with Crippen molar-refractivity contribution in [2.45, 2.75) is 12.3 Å². The molecule has 1 saturated carbocycles. The predicted octanol–water partition coefficient (Wildman–Crippen LogP) is 2.51. The Hall–Kier alpha value is -3.09. The maximum absolute atomic E-state index is 12.6. The van der Waals surface area contributed by atoms with Gasteiger partial charge in [0.2, 0.25) is 12.7 Å². The monoisotopic (exact) mass is 354 g/mol. The Morgan fingerprint density at radius 1 is 0.962 bits per heavy atom. The molecule has 1 aliphatic carbocycles. The van der Waals surface area contributed by atoms with Gasteiger partial charge in [-0.25, -0.2) is 0 Å². The van der Waals surface area contributed by atoms with Gasteiger partial charge < -0.3 is 30.0 Å². The van der Waals surface area contributed by atoms with Crippen molar-refractivity contribution in [3.05, 3.63) is 35.9 Å². The van der Waals surface area contributed by atoms with Crippen molar-refractivity contribution in [3.63, 3.8) is 0 Å². The number of fused-ring (bicyclic) bond motifs is 2. The number of carbonyl (C=O) groups excluding carboxylic acids is 1. The van der Waals surface area contributed by atoms with Crippen molar-refractivity contribution in [3.8, 4) is 23.0 Å². The first kappa shape index (κ1) is 15.2. The minimum absolute atomic E-state index is 0.0459. The molecule has 0 aromatic heterocycles. The van der Waals surface area contributed by atoms with E-state index in [0.717, 1.165) is 23.5 Å². The van der Waals surface area contributed by atoms with Crippen LogP contribution in [-0.2, 0) is 4.79 Å². The topological polar surface area (TPSA) is 92.0 Å². The number of amides is 1. The molecule has 0 spiro atoms. The summed E-state index contributed by atoms with van der Waals surface area (Å²) >= 11 is 0. The highest BCUT2D eigenvalue weighted by atomic mass is 16.7. The number of carbonyl (C=O) groups is 1. The van der Waals surface area contributed by atoms with Gasteiger partial charge >= 0.3 is 0 Å². The van der Waals surface area contributed by atoms with Crippen molar-refractivity contribution in [1.29, 1.82) is 0 Å². The maximum Gasteiger partial charge on any atom is 0.231 e. The van der Waals surface area contributed by atoms with E-state index in [4.69, 9.17) is 24.7 Å². The molecule has 3 aliphatic rings. The van der Waals surface area contributed by atoms with Gasteiger partial charge in [-0.05, 0) is 30.0 Å². The standard InChI is InChI=1S/C19H18N2O5/c20-13-7-17-18(26-9-25-17)8-14(13)21-19(22)12-6-11(12)10-1-2-15-16(5-10)24-4-3-23-15/h1-2,5,7-8,11-12H,3-4,6,9,20H2,(H,21,22). The first-order chi connectivity index (χ1) is 12.7. The third-order valence-electron chi connectivity index (χ3n) is 4.92. The van der Waals surface area contributed by atoms with Crippen LogP contribution in [0.5, 0.6) is 23.0 Å². The summed E-state index contributed by atoms with van der Waals surface area (Å²) < 4.78 is 21.8. The summed E-state index contributed by atoms with van der Waals surface area (Å²) in [6, 6.07) is 9.26. The summed E-state index contributed by atoms with van der Waals surface area (Å²) in [6.45, 7) is 1.28. The van der Waals surface area contributed by atoms with E-state index in [1.165, 1.54) is 0 Å². The van der Waals surface area contributed by atoms with E-state index in [-0.39, 0.29) is 24.5 Å². The van der Waals surface area contributed by atoms with Crippen LogP contribution in [0, 0.1) is 5.92 Å². The van der Waals surface area contributed by atoms with E-state index in [1.54, 1.807) is 12.1 Å². The van der Waals surface area contributed by atoms with Crippen LogP contribution in [0.15, 0.2) is 30.3 Å². The summed E-state index contributed by atoms with van der Waals surface area (Å²) in [5.41, 5.74) is 8.10. The highest BCUT2D eigenvalue weighted by Crippen LogP contribution is 2.50. The van der Waals surface area contributed by atoms with Crippen LogP contribution in [0.25, 0.3) is 0 Å². The average Bonchev–Trinajstić information content (AvgIpc) is 3.34. The first-order valence-corrected chi connectivity index (χ1v) is 8.58. The number of rotatable bonds is 3. The van der Waals surface area contributed by atoms with E-state index in [2.05, 4.69) is 5.32 Å². The lowest BCUT2D eigenvalue weighted by Crippen LogP contribution is -2.16. The third-order valence-corrected chi connectivity index (χ3v) is 4.92. The molecule has 1 amide bonds. The van der Waals surface area contributed by atoms with Gasteiger partial charge in [-0.15, -0.1) is 0 Å². The Kier molecular flexibility index (Phi) is 3.34. The normalized spacial score (nSPS) is 22.0. The van der Waals surface area contributed by atoms with Gasteiger partial charge in [-0.3, -0.25) is 4.79 Å². The highest BCUT2D eigenvalue weighted by molar-refractivity contribution is 5.98. The Balaban J connectivity index is 1.29. The Bertz CT molecular complexity index is 898. The zero-order valence-electron chi connectivity index (χ0n) is 14.0. The zero-order chi connectivity index (χ0) is 17.7. The summed E-state index contributed by atoms with van der Waals surface area (Å²) in [5.74, 6) is 2.75. The molecular formula is C19H18N2O5. The molecule has 5 rings (SSSR count). The van der Waals surface area contributed by atoms with E-state index in [0.29, 0.717) is 36.1 Å². The Labute approximate surface area is 150 Å². The summed E-state index contributed by atoms with van der Waals surface area (Å²) in [4.78, 5) is 12.6. The molecule has 2 aromatic rings. The SMILES string of the molecule is Nc1cc2c(cc1NC(=O)C1CC1c1ccc3c(c1)OCCO3)OCO2. The van der Waals surface area contributed by atoms with Crippen LogP contribution in [-0.4, -0.2) is 25.9 Å². The Morgan fingerprint density at radius 2 is 1.69 bits per heavy atom. The van der Waals surface area contributed by atoms with Crippen molar-refractivity contribution < 1.29 is 23.7 Å². The van der Waals surface area contributed by atoms with Crippen LogP contribution in [0.3, 0.4) is 0 Å². The molecule has 1 fully saturated rings. The zero-order valence-corrected chi connectivity index (χ0v) is 14.0. The smallest absolute Gasteiger partial charge is 0.231 e. The molecular weight excluding hydrogens is 336 g/mol. The minimum Gasteiger partial charge on any atom is -0.486 e. The van der Waals surface area contributed by atoms with Crippen LogP contribution in [0.2, 0.25) is 0 Å². The molecule has 26 heavy (non-hydrogen) atoms. The lowest BCUT2D eigenvalue weighted by molar-refractivity contribution is -0.117. The lowest BCUT2D eigenvalue weighted by Gasteiger charge is -2.18. The quantitative estimate of drug-likeness (QED) is 0.823. The van der Waals surface area contributed by atoms with Crippen LogP contribution >= 0.6 is 0 Å². The molecule has 0 saturated heterocycles. The fraction of sp³-hybridized carbons (Fsp3) is 0.316. The summed E-state index contributed by atoms with van der Waals surface area (Å²) in [7, 11) is 0. The molecule has 2 unspecified atom stereocenters. The van der Waals surface area contributed by atoms with Gasteiger partial charge in [0.15, 0.2) is 23.0 Å². The number of hydrogen-bond donors (Lipinski definition) is 2. The van der Waals surface area contributed by atoms with Crippen LogP contribution < -0.4 is 30.0 Å². The fourth-order valence-corrected chi connectivity index (χ4v) is 3.44. The largest absolute Gasteiger partial charge is 0.486 e. The first-order valence-electron chi connectivity index (χ1n) is 8.58. The van der Waals surface area contributed by atoms with Gasteiger partial charge in [-0.2, -0.15) is 0 Å². The number of nitrogens with two attached hydrogens (primary N) is 1. The second kappa shape index (κ2) is 5.72. The minimum atomic E-state index is -0.0811. The fourth-order valence-electron chi connectivity index (χ4n) is 3.44. The van der Waals surface area contributed by atoms with Crippen LogP contribution in [0.4, 0.5) is 11.4 Å². The average molecular weight is 354 g/mol. The number of hydrogen-bond acceptors (Lipinski definition) is 6. The second-order valence-corrected chi connectivity index (χ2v) is 6.63. The molecule has 2 aromatic carbocycles. The maximum atomic E-state index is 12.6. The van der Waals surface area contributed by atoms with Crippen molar-refractivity contribution >= 4 is 17.3 Å².